The van der Waals surface area contributed by atoms with Crippen molar-refractivity contribution in [2.75, 3.05) is 6.54 Å². The minimum Gasteiger partial charge on any atom is -0.453 e. The average molecular weight is 344 g/mol. The molecule has 0 bridgehead atoms. The lowest BCUT2D eigenvalue weighted by Gasteiger charge is -2.10. The topological polar surface area (TPSA) is 68.3 Å². The van der Waals surface area contributed by atoms with E-state index in [1.54, 1.807) is 23.5 Å². The van der Waals surface area contributed by atoms with Crippen molar-refractivity contribution in [3.05, 3.63) is 51.0 Å². The number of aromatic nitrogens is 1. The molecule has 1 amide bonds. The van der Waals surface area contributed by atoms with Gasteiger partial charge in [0.2, 0.25) is 5.91 Å². The minimum absolute atomic E-state index is 0.117. The number of fused-ring (bicyclic) bond motifs is 1. The van der Waals surface area contributed by atoms with Crippen molar-refractivity contribution in [3.63, 3.8) is 0 Å². The molecule has 0 radical (unpaired) electrons. The van der Waals surface area contributed by atoms with Crippen LogP contribution < -0.4 is 5.32 Å². The van der Waals surface area contributed by atoms with Gasteiger partial charge in [-0.25, -0.2) is 9.78 Å². The molecule has 5 nitrogen and oxygen atoms in total. The molecule has 24 heavy (non-hydrogen) atoms. The highest BCUT2D eigenvalue weighted by atomic mass is 32.1. The van der Waals surface area contributed by atoms with Crippen molar-refractivity contribution in [1.82, 2.24) is 10.3 Å². The van der Waals surface area contributed by atoms with Gasteiger partial charge in [-0.2, -0.15) is 0 Å². The Morgan fingerprint density at radius 2 is 2.17 bits per heavy atom. The van der Waals surface area contributed by atoms with Crippen LogP contribution in [0.4, 0.5) is 0 Å². The molecule has 1 aromatic heterocycles. The van der Waals surface area contributed by atoms with E-state index in [4.69, 9.17) is 4.74 Å². The summed E-state index contributed by atoms with van der Waals surface area (Å²) in [6, 6.07) is 7.21. The number of hydrogen-bond acceptors (Lipinski definition) is 5. The van der Waals surface area contributed by atoms with Gasteiger partial charge in [-0.1, -0.05) is 25.1 Å². The maximum Gasteiger partial charge on any atom is 0.339 e. The molecule has 1 atom stereocenters. The molecule has 2 heterocycles. The molecule has 6 heteroatoms. The molecule has 1 aromatic carbocycles. The summed E-state index contributed by atoms with van der Waals surface area (Å²) in [6.45, 7) is 4.70. The average Bonchev–Trinajstić information content (AvgIpc) is 3.08. The molecule has 3 rings (SSSR count). The Morgan fingerprint density at radius 1 is 1.38 bits per heavy atom. The molecule has 1 aliphatic rings. The van der Waals surface area contributed by atoms with E-state index >= 15 is 0 Å². The second-order valence-corrected chi connectivity index (χ2v) is 7.04. The monoisotopic (exact) mass is 344 g/mol. The molecule has 1 N–H and O–H groups in total. The second-order valence-electron chi connectivity index (χ2n) is 5.75. The van der Waals surface area contributed by atoms with Gasteiger partial charge >= 0.3 is 5.97 Å². The quantitative estimate of drug-likeness (QED) is 0.818. The zero-order valence-corrected chi connectivity index (χ0v) is 14.6. The Hall–Kier alpha value is -2.21. The number of nitrogens with zero attached hydrogens (tertiary/aromatic N) is 1. The van der Waals surface area contributed by atoms with Crippen LogP contribution in [-0.2, 0) is 22.4 Å². The standard InChI is InChI=1S/C18H20N2O3S/c1-3-14-11(2)24-17(20-14)8-9-19-16(21)10-15-12-6-4-5-7-13(12)18(22)23-15/h4-7,15H,3,8-10H2,1-2H3,(H,19,21). The lowest BCUT2D eigenvalue weighted by atomic mass is 10.0. The van der Waals surface area contributed by atoms with Crippen LogP contribution in [0.1, 0.15) is 50.9 Å². The van der Waals surface area contributed by atoms with E-state index in [1.807, 2.05) is 12.1 Å². The third-order valence-electron chi connectivity index (χ3n) is 4.08. The smallest absolute Gasteiger partial charge is 0.339 e. The van der Waals surface area contributed by atoms with Crippen LogP contribution in [-0.4, -0.2) is 23.4 Å². The highest BCUT2D eigenvalue weighted by Crippen LogP contribution is 2.32. The Labute approximate surface area is 145 Å². The van der Waals surface area contributed by atoms with E-state index in [0.29, 0.717) is 12.1 Å². The summed E-state index contributed by atoms with van der Waals surface area (Å²) >= 11 is 1.68. The molecular formula is C18H20N2O3S. The number of rotatable bonds is 6. The van der Waals surface area contributed by atoms with Gasteiger partial charge in [-0.15, -0.1) is 11.3 Å². The first-order valence-corrected chi connectivity index (χ1v) is 8.92. The molecule has 1 unspecified atom stereocenters. The number of carbonyl (C=O) groups is 2. The number of esters is 1. The van der Waals surface area contributed by atoms with E-state index in [9.17, 15) is 9.59 Å². The Morgan fingerprint density at radius 3 is 2.92 bits per heavy atom. The van der Waals surface area contributed by atoms with Crippen molar-refractivity contribution in [3.8, 4) is 0 Å². The van der Waals surface area contributed by atoms with E-state index in [-0.39, 0.29) is 18.3 Å². The third-order valence-corrected chi connectivity index (χ3v) is 5.15. The maximum absolute atomic E-state index is 12.1. The van der Waals surface area contributed by atoms with E-state index in [1.165, 1.54) is 4.88 Å². The largest absolute Gasteiger partial charge is 0.453 e. The molecule has 2 aromatic rings. The van der Waals surface area contributed by atoms with Gasteiger partial charge in [-0.3, -0.25) is 4.79 Å². The number of nitrogens with one attached hydrogen (secondary N) is 1. The zero-order valence-electron chi connectivity index (χ0n) is 13.8. The van der Waals surface area contributed by atoms with Crippen molar-refractivity contribution < 1.29 is 14.3 Å². The van der Waals surface area contributed by atoms with Crippen LogP contribution >= 0.6 is 11.3 Å². The van der Waals surface area contributed by atoms with Gasteiger partial charge in [-0.05, 0) is 19.4 Å². The Bertz CT molecular complexity index is 769. The molecule has 0 fully saturated rings. The van der Waals surface area contributed by atoms with Crippen LogP contribution in [0.15, 0.2) is 24.3 Å². The first kappa shape index (κ1) is 16.6. The summed E-state index contributed by atoms with van der Waals surface area (Å²) < 4.78 is 5.29. The summed E-state index contributed by atoms with van der Waals surface area (Å²) in [4.78, 5) is 29.7. The zero-order chi connectivity index (χ0) is 17.1. The van der Waals surface area contributed by atoms with Crippen LogP contribution in [0, 0.1) is 6.92 Å². The molecule has 0 saturated heterocycles. The number of hydrogen-bond donors (Lipinski definition) is 1. The lowest BCUT2D eigenvalue weighted by Crippen LogP contribution is -2.27. The second kappa shape index (κ2) is 7.13. The molecule has 0 spiro atoms. The number of amides is 1. The number of carbonyl (C=O) groups excluding carboxylic acids is 2. The van der Waals surface area contributed by atoms with Crippen molar-refractivity contribution in [1.29, 1.82) is 0 Å². The first-order valence-electron chi connectivity index (χ1n) is 8.10. The van der Waals surface area contributed by atoms with E-state index < -0.39 is 6.10 Å². The predicted molar refractivity (Wildman–Crippen MR) is 92.2 cm³/mol. The summed E-state index contributed by atoms with van der Waals surface area (Å²) in [5.41, 5.74) is 2.48. The highest BCUT2D eigenvalue weighted by Gasteiger charge is 2.31. The fourth-order valence-electron chi connectivity index (χ4n) is 2.84. The minimum atomic E-state index is -0.484. The fraction of sp³-hybridized carbons (Fsp3) is 0.389. The lowest BCUT2D eigenvalue weighted by molar-refractivity contribution is -0.122. The van der Waals surface area contributed by atoms with Gasteiger partial charge in [0.1, 0.15) is 6.10 Å². The summed E-state index contributed by atoms with van der Waals surface area (Å²) in [7, 11) is 0. The number of benzene rings is 1. The van der Waals surface area contributed by atoms with Crippen LogP contribution in [0.2, 0.25) is 0 Å². The Balaban J connectivity index is 1.51. The van der Waals surface area contributed by atoms with Crippen molar-refractivity contribution in [2.24, 2.45) is 0 Å². The fourth-order valence-corrected chi connectivity index (χ4v) is 3.86. The molecular weight excluding hydrogens is 324 g/mol. The number of thiazole rings is 1. The van der Waals surface area contributed by atoms with Gasteiger partial charge < -0.3 is 10.1 Å². The van der Waals surface area contributed by atoms with E-state index in [0.717, 1.165) is 29.1 Å². The number of cyclic esters (lactones) is 1. The van der Waals surface area contributed by atoms with Gasteiger partial charge in [0.05, 0.1) is 22.7 Å². The SMILES string of the molecule is CCc1nc(CCNC(=O)CC2OC(=O)c3ccccc32)sc1C. The van der Waals surface area contributed by atoms with Crippen molar-refractivity contribution >= 4 is 23.2 Å². The Kier molecular flexibility index (Phi) is 4.94. The van der Waals surface area contributed by atoms with Gasteiger partial charge in [0, 0.05) is 23.4 Å². The maximum atomic E-state index is 12.1. The summed E-state index contributed by atoms with van der Waals surface area (Å²) in [5, 5.41) is 3.93. The van der Waals surface area contributed by atoms with Crippen LogP contribution in [0.25, 0.3) is 0 Å². The molecule has 1 aliphatic heterocycles. The first-order chi connectivity index (χ1) is 11.6. The number of ether oxygens (including phenoxy) is 1. The number of aryl methyl sites for hydroxylation is 2. The van der Waals surface area contributed by atoms with Gasteiger partial charge in [0.15, 0.2) is 0 Å². The molecule has 126 valence electrons. The summed E-state index contributed by atoms with van der Waals surface area (Å²) in [5.74, 6) is -0.470. The van der Waals surface area contributed by atoms with Crippen LogP contribution in [0.5, 0.6) is 0 Å². The van der Waals surface area contributed by atoms with E-state index in [2.05, 4.69) is 24.1 Å². The van der Waals surface area contributed by atoms with Crippen LogP contribution in [0.3, 0.4) is 0 Å². The molecule has 0 aliphatic carbocycles. The van der Waals surface area contributed by atoms with Crippen molar-refractivity contribution in [2.45, 2.75) is 39.2 Å². The normalized spacial score (nSPS) is 15.9. The third kappa shape index (κ3) is 3.48. The van der Waals surface area contributed by atoms with Gasteiger partial charge in [0.25, 0.3) is 0 Å². The summed E-state index contributed by atoms with van der Waals surface area (Å²) in [6.07, 6.45) is 1.32. The highest BCUT2D eigenvalue weighted by molar-refractivity contribution is 7.11. The molecule has 0 saturated carbocycles. The predicted octanol–water partition coefficient (Wildman–Crippen LogP) is 2.97.